The second-order valence-corrected chi connectivity index (χ2v) is 6.80. The Bertz CT molecular complexity index is 701. The molecule has 2 aromatic rings. The van der Waals surface area contributed by atoms with Gasteiger partial charge in [0.05, 0.1) is 6.04 Å². The van der Waals surface area contributed by atoms with Crippen LogP contribution >= 0.6 is 0 Å². The molecule has 1 N–H and O–H groups in total. The highest BCUT2D eigenvalue weighted by Crippen LogP contribution is 2.27. The van der Waals surface area contributed by atoms with Gasteiger partial charge in [0.15, 0.2) is 5.78 Å². The van der Waals surface area contributed by atoms with Crippen LogP contribution in [0.25, 0.3) is 10.9 Å². The lowest BCUT2D eigenvalue weighted by atomic mass is 9.96. The van der Waals surface area contributed by atoms with E-state index >= 15 is 0 Å². The van der Waals surface area contributed by atoms with Crippen molar-refractivity contribution < 1.29 is 4.79 Å². The zero-order valence-electron chi connectivity index (χ0n) is 14.1. The maximum atomic E-state index is 13.1. The van der Waals surface area contributed by atoms with E-state index in [0.29, 0.717) is 6.04 Å². The van der Waals surface area contributed by atoms with E-state index in [4.69, 9.17) is 0 Å². The van der Waals surface area contributed by atoms with Crippen molar-refractivity contribution in [2.24, 2.45) is 0 Å². The average Bonchev–Trinajstić information content (AvgIpc) is 2.81. The lowest BCUT2D eigenvalue weighted by Gasteiger charge is -2.37. The van der Waals surface area contributed by atoms with Gasteiger partial charge in [-0.2, -0.15) is 0 Å². The first kappa shape index (κ1) is 15.3. The van der Waals surface area contributed by atoms with Gasteiger partial charge in [-0.1, -0.05) is 18.6 Å². The number of likely N-dealkylation sites (tertiary alicyclic amines) is 1. The number of nitrogens with one attached hydrogen (secondary N) is 1. The summed E-state index contributed by atoms with van der Waals surface area (Å²) in [7, 11) is 0. The van der Waals surface area contributed by atoms with Crippen LogP contribution in [-0.2, 0) is 0 Å². The zero-order valence-corrected chi connectivity index (χ0v) is 14.1. The molecule has 0 bridgehead atoms. The first-order valence-corrected chi connectivity index (χ1v) is 8.38. The molecule has 0 saturated carbocycles. The number of nitrogens with zero attached hydrogens (tertiary/aromatic N) is 1. The minimum atomic E-state index is -0.0469. The monoisotopic (exact) mass is 298 g/mol. The maximum Gasteiger partial charge on any atom is 0.182 e. The Labute approximate surface area is 132 Å². The Hall–Kier alpha value is -1.61. The van der Waals surface area contributed by atoms with E-state index in [2.05, 4.69) is 48.9 Å². The Balaban J connectivity index is 1.96. The number of Topliss-reactive ketones (excluding diaryl/α,β-unsaturated/α-hetero) is 1. The topological polar surface area (TPSA) is 36.1 Å². The fourth-order valence-corrected chi connectivity index (χ4v) is 3.82. The van der Waals surface area contributed by atoms with Crippen molar-refractivity contribution in [3.8, 4) is 0 Å². The third kappa shape index (κ3) is 2.58. The van der Waals surface area contributed by atoms with Crippen LogP contribution in [0.1, 0.15) is 54.7 Å². The Morgan fingerprint density at radius 3 is 2.82 bits per heavy atom. The molecule has 1 fully saturated rings. The normalized spacial score (nSPS) is 21.2. The second-order valence-electron chi connectivity index (χ2n) is 6.80. The van der Waals surface area contributed by atoms with Gasteiger partial charge in [0, 0.05) is 28.2 Å². The quantitative estimate of drug-likeness (QED) is 0.861. The number of aromatic amines is 1. The molecule has 3 rings (SSSR count). The minimum Gasteiger partial charge on any atom is -0.358 e. The van der Waals surface area contributed by atoms with E-state index in [1.165, 1.54) is 24.8 Å². The van der Waals surface area contributed by atoms with E-state index in [0.717, 1.165) is 28.7 Å². The number of piperidine rings is 1. The predicted molar refractivity (Wildman–Crippen MR) is 91.6 cm³/mol. The van der Waals surface area contributed by atoms with Crippen molar-refractivity contribution >= 4 is 16.7 Å². The Morgan fingerprint density at radius 1 is 1.32 bits per heavy atom. The number of carbonyl (C=O) groups is 1. The Morgan fingerprint density at radius 2 is 2.09 bits per heavy atom. The maximum absolute atomic E-state index is 13.1. The summed E-state index contributed by atoms with van der Waals surface area (Å²) in [6, 6.07) is 6.73. The summed E-state index contributed by atoms with van der Waals surface area (Å²) in [6.45, 7) is 9.43. The smallest absolute Gasteiger partial charge is 0.182 e. The lowest BCUT2D eigenvalue weighted by molar-refractivity contribution is 0.0702. The summed E-state index contributed by atoms with van der Waals surface area (Å²) in [5.41, 5.74) is 4.15. The van der Waals surface area contributed by atoms with Crippen LogP contribution in [-0.4, -0.2) is 34.3 Å². The predicted octanol–water partition coefficient (Wildman–Crippen LogP) is 4.23. The molecule has 0 unspecified atom stereocenters. The van der Waals surface area contributed by atoms with Gasteiger partial charge in [-0.3, -0.25) is 9.69 Å². The molecule has 3 nitrogen and oxygen atoms in total. The van der Waals surface area contributed by atoms with Gasteiger partial charge in [-0.15, -0.1) is 0 Å². The lowest BCUT2D eigenvalue weighted by Crippen LogP contribution is -2.47. The van der Waals surface area contributed by atoms with E-state index in [1.54, 1.807) is 0 Å². The van der Waals surface area contributed by atoms with Crippen LogP contribution in [0.15, 0.2) is 18.2 Å². The van der Waals surface area contributed by atoms with Crippen molar-refractivity contribution in [1.82, 2.24) is 9.88 Å². The van der Waals surface area contributed by atoms with Crippen molar-refractivity contribution in [3.05, 3.63) is 35.0 Å². The number of carbonyl (C=O) groups excluding carboxylic acids is 1. The summed E-state index contributed by atoms with van der Waals surface area (Å²) < 4.78 is 0. The second kappa shape index (κ2) is 5.88. The van der Waals surface area contributed by atoms with Gasteiger partial charge in [0.1, 0.15) is 0 Å². The molecule has 0 spiro atoms. The molecular weight excluding hydrogens is 272 g/mol. The molecule has 2 heterocycles. The van der Waals surface area contributed by atoms with Crippen LogP contribution < -0.4 is 0 Å². The molecule has 1 aliphatic rings. The standard InChI is InChI=1S/C19H26N2O/c1-12-8-9-16-17(11-12)20-14(3)18(16)19(22)15(4)21-10-6-5-7-13(21)2/h8-9,11,13,15,20H,5-7,10H2,1-4H3/t13-,15-/m0/s1. The number of hydrogen-bond acceptors (Lipinski definition) is 2. The molecule has 0 radical (unpaired) electrons. The van der Waals surface area contributed by atoms with Crippen molar-refractivity contribution in [2.45, 2.75) is 59.0 Å². The summed E-state index contributed by atoms with van der Waals surface area (Å²) in [5, 5.41) is 1.06. The fourth-order valence-electron chi connectivity index (χ4n) is 3.82. The first-order chi connectivity index (χ1) is 10.5. The minimum absolute atomic E-state index is 0.0469. The molecule has 118 valence electrons. The van der Waals surface area contributed by atoms with Crippen LogP contribution in [0.5, 0.6) is 0 Å². The molecule has 22 heavy (non-hydrogen) atoms. The molecule has 1 aromatic carbocycles. The van der Waals surface area contributed by atoms with Gasteiger partial charge in [0.2, 0.25) is 0 Å². The molecule has 1 aromatic heterocycles. The Kier molecular flexibility index (Phi) is 4.09. The molecule has 2 atom stereocenters. The molecule has 3 heteroatoms. The molecule has 0 aliphatic carbocycles. The number of ketones is 1. The molecule has 1 aliphatic heterocycles. The number of aryl methyl sites for hydroxylation is 2. The van der Waals surface area contributed by atoms with Crippen LogP contribution in [0.2, 0.25) is 0 Å². The number of benzene rings is 1. The number of rotatable bonds is 3. The third-order valence-corrected chi connectivity index (χ3v) is 5.12. The summed E-state index contributed by atoms with van der Waals surface area (Å²) in [6.07, 6.45) is 3.68. The van der Waals surface area contributed by atoms with Gasteiger partial charge >= 0.3 is 0 Å². The summed E-state index contributed by atoms with van der Waals surface area (Å²) in [4.78, 5) is 18.9. The highest BCUT2D eigenvalue weighted by atomic mass is 16.1. The highest BCUT2D eigenvalue weighted by Gasteiger charge is 2.30. The summed E-state index contributed by atoms with van der Waals surface area (Å²) >= 11 is 0. The molecule has 1 saturated heterocycles. The average molecular weight is 298 g/mol. The number of H-pyrrole nitrogens is 1. The van der Waals surface area contributed by atoms with Gasteiger partial charge in [-0.25, -0.2) is 0 Å². The number of fused-ring (bicyclic) bond motifs is 1. The molecular formula is C19H26N2O. The SMILES string of the molecule is Cc1ccc2c(C(=O)[C@H](C)N3CCCC[C@@H]3C)c(C)[nH]c2c1. The zero-order chi connectivity index (χ0) is 15.9. The fraction of sp³-hybridized carbons (Fsp3) is 0.526. The highest BCUT2D eigenvalue weighted by molar-refractivity contribution is 6.11. The van der Waals surface area contributed by atoms with E-state index in [9.17, 15) is 4.79 Å². The van der Waals surface area contributed by atoms with Crippen LogP contribution in [0.4, 0.5) is 0 Å². The number of aromatic nitrogens is 1. The van der Waals surface area contributed by atoms with Gasteiger partial charge in [0.25, 0.3) is 0 Å². The van der Waals surface area contributed by atoms with Crippen molar-refractivity contribution in [3.63, 3.8) is 0 Å². The largest absolute Gasteiger partial charge is 0.358 e. The van der Waals surface area contributed by atoms with Gasteiger partial charge in [-0.05, 0) is 58.7 Å². The third-order valence-electron chi connectivity index (χ3n) is 5.12. The van der Waals surface area contributed by atoms with E-state index in [1.807, 2.05) is 6.92 Å². The van der Waals surface area contributed by atoms with E-state index in [-0.39, 0.29) is 11.8 Å². The number of hydrogen-bond donors (Lipinski definition) is 1. The van der Waals surface area contributed by atoms with Crippen LogP contribution in [0.3, 0.4) is 0 Å². The van der Waals surface area contributed by atoms with Crippen molar-refractivity contribution in [1.29, 1.82) is 0 Å². The van der Waals surface area contributed by atoms with Crippen molar-refractivity contribution in [2.75, 3.05) is 6.54 Å². The summed E-state index contributed by atoms with van der Waals surface area (Å²) in [5.74, 6) is 0.251. The van der Waals surface area contributed by atoms with Gasteiger partial charge < -0.3 is 4.98 Å². The van der Waals surface area contributed by atoms with Crippen LogP contribution in [0, 0.1) is 13.8 Å². The molecule has 0 amide bonds. The van der Waals surface area contributed by atoms with E-state index < -0.39 is 0 Å². The first-order valence-electron chi connectivity index (χ1n) is 8.38.